The van der Waals surface area contributed by atoms with E-state index in [1.165, 1.54) is 17.3 Å². The minimum Gasteiger partial charge on any atom is -0.331 e. The van der Waals surface area contributed by atoms with Gasteiger partial charge in [-0.2, -0.15) is 0 Å². The van der Waals surface area contributed by atoms with Crippen molar-refractivity contribution in [1.82, 2.24) is 10.9 Å². The number of hydrogen-bond acceptors (Lipinski definition) is 3. The minimum absolute atomic E-state index is 0.126. The lowest BCUT2D eigenvalue weighted by Crippen LogP contribution is -2.46. The van der Waals surface area contributed by atoms with Gasteiger partial charge in [0.05, 0.1) is 5.25 Å². The third-order valence-corrected chi connectivity index (χ3v) is 5.02. The van der Waals surface area contributed by atoms with Gasteiger partial charge >= 0.3 is 0 Å². The van der Waals surface area contributed by atoms with Gasteiger partial charge in [0.1, 0.15) is 0 Å². The monoisotopic (exact) mass is 373 g/mol. The van der Waals surface area contributed by atoms with Crippen LogP contribution in [0.25, 0.3) is 0 Å². The van der Waals surface area contributed by atoms with Crippen LogP contribution in [0, 0.1) is 6.92 Å². The number of thioether (sulfide) groups is 1. The highest BCUT2D eigenvalue weighted by Gasteiger charge is 2.14. The van der Waals surface area contributed by atoms with E-state index in [-0.39, 0.29) is 11.2 Å². The van der Waals surface area contributed by atoms with Crippen LogP contribution < -0.4 is 16.2 Å². The molecule has 3 N–H and O–H groups in total. The van der Waals surface area contributed by atoms with Crippen LogP contribution in [0.3, 0.4) is 0 Å². The maximum atomic E-state index is 12.2. The summed E-state index contributed by atoms with van der Waals surface area (Å²) in [6.07, 6.45) is 0.906. The molecule has 0 unspecified atom stereocenters. The second-order valence-corrected chi connectivity index (χ2v) is 7.43. The van der Waals surface area contributed by atoms with Crippen LogP contribution >= 0.6 is 24.0 Å². The number of anilines is 1. The van der Waals surface area contributed by atoms with Crippen LogP contribution in [0.2, 0.25) is 0 Å². The van der Waals surface area contributed by atoms with Crippen molar-refractivity contribution in [1.29, 1.82) is 0 Å². The molecule has 0 heterocycles. The topological polar surface area (TPSA) is 53.2 Å². The number of hydrazine groups is 1. The molecule has 0 fully saturated rings. The van der Waals surface area contributed by atoms with Crippen molar-refractivity contribution in [2.45, 2.75) is 37.3 Å². The first kappa shape index (κ1) is 19.3. The first-order valence-corrected chi connectivity index (χ1v) is 9.47. The van der Waals surface area contributed by atoms with Crippen LogP contribution in [-0.4, -0.2) is 16.3 Å². The van der Waals surface area contributed by atoms with Gasteiger partial charge in [0.15, 0.2) is 5.11 Å². The summed E-state index contributed by atoms with van der Waals surface area (Å²) in [6.45, 7) is 5.99. The van der Waals surface area contributed by atoms with Crippen molar-refractivity contribution >= 4 is 40.7 Å². The number of nitrogens with one attached hydrogen (secondary N) is 3. The molecule has 2 aromatic carbocycles. The Hall–Kier alpha value is -2.05. The predicted octanol–water partition coefficient (Wildman–Crippen LogP) is 4.06. The lowest BCUT2D eigenvalue weighted by Gasteiger charge is -2.17. The normalized spacial score (nSPS) is 11.5. The lowest BCUT2D eigenvalue weighted by atomic mass is 10.1. The lowest BCUT2D eigenvalue weighted by molar-refractivity contribution is -0.120. The second-order valence-electron chi connectivity index (χ2n) is 5.60. The van der Waals surface area contributed by atoms with Crippen molar-refractivity contribution in [2.24, 2.45) is 0 Å². The Morgan fingerprint density at radius 1 is 1.12 bits per heavy atom. The maximum Gasteiger partial charge on any atom is 0.251 e. The molecular weight excluding hydrogens is 350 g/mol. The number of carbonyl (C=O) groups is 1. The minimum atomic E-state index is -0.234. The number of hydrogen-bond donors (Lipinski definition) is 3. The van der Waals surface area contributed by atoms with Gasteiger partial charge in [-0.3, -0.25) is 15.6 Å². The smallest absolute Gasteiger partial charge is 0.251 e. The van der Waals surface area contributed by atoms with E-state index < -0.39 is 0 Å². The molecule has 132 valence electrons. The summed E-state index contributed by atoms with van der Waals surface area (Å²) < 4.78 is 0. The van der Waals surface area contributed by atoms with Gasteiger partial charge in [0, 0.05) is 10.6 Å². The van der Waals surface area contributed by atoms with Gasteiger partial charge in [0.25, 0.3) is 5.91 Å². The van der Waals surface area contributed by atoms with Gasteiger partial charge in [-0.05, 0) is 55.7 Å². The number of amides is 1. The van der Waals surface area contributed by atoms with E-state index in [1.807, 2.05) is 56.3 Å². The number of thiocarbonyl (C=S) groups is 1. The van der Waals surface area contributed by atoms with Gasteiger partial charge in [0.2, 0.25) is 0 Å². The third kappa shape index (κ3) is 5.76. The Labute approximate surface area is 158 Å². The third-order valence-electron chi connectivity index (χ3n) is 3.70. The molecule has 0 saturated heterocycles. The van der Waals surface area contributed by atoms with Gasteiger partial charge in [-0.15, -0.1) is 11.8 Å². The van der Waals surface area contributed by atoms with Crippen LogP contribution in [0.15, 0.2) is 53.4 Å². The fourth-order valence-corrected chi connectivity index (χ4v) is 3.37. The number of carbonyl (C=O) groups excluding carboxylic acids is 1. The Morgan fingerprint density at radius 3 is 2.52 bits per heavy atom. The molecule has 1 amide bonds. The van der Waals surface area contributed by atoms with E-state index in [4.69, 9.17) is 12.2 Å². The van der Waals surface area contributed by atoms with Crippen molar-refractivity contribution < 1.29 is 4.79 Å². The van der Waals surface area contributed by atoms with Crippen LogP contribution in [0.1, 0.15) is 25.0 Å². The predicted molar refractivity (Wildman–Crippen MR) is 110 cm³/mol. The average molecular weight is 374 g/mol. The highest BCUT2D eigenvalue weighted by Crippen LogP contribution is 2.23. The Bertz CT molecular complexity index is 735. The zero-order valence-electron chi connectivity index (χ0n) is 14.6. The molecule has 0 radical (unpaired) electrons. The molecule has 0 spiro atoms. The zero-order valence-corrected chi connectivity index (χ0v) is 16.3. The average Bonchev–Trinajstić information content (AvgIpc) is 2.62. The van der Waals surface area contributed by atoms with Gasteiger partial charge in [-0.25, -0.2) is 0 Å². The molecule has 4 nitrogen and oxygen atoms in total. The summed E-state index contributed by atoms with van der Waals surface area (Å²) in [4.78, 5) is 13.3. The van der Waals surface area contributed by atoms with E-state index in [9.17, 15) is 4.79 Å². The van der Waals surface area contributed by atoms with E-state index in [0.717, 1.165) is 22.6 Å². The number of benzene rings is 2. The van der Waals surface area contributed by atoms with Crippen molar-refractivity contribution in [2.75, 3.05) is 5.32 Å². The highest BCUT2D eigenvalue weighted by molar-refractivity contribution is 8.00. The summed E-state index contributed by atoms with van der Waals surface area (Å²) >= 11 is 6.79. The van der Waals surface area contributed by atoms with Gasteiger partial charge in [-0.1, -0.05) is 43.3 Å². The summed E-state index contributed by atoms with van der Waals surface area (Å²) in [5.41, 5.74) is 8.74. The molecule has 0 aromatic heterocycles. The fraction of sp³-hybridized carbons (Fsp3) is 0.263. The van der Waals surface area contributed by atoms with E-state index in [1.54, 1.807) is 0 Å². The summed E-state index contributed by atoms with van der Waals surface area (Å²) in [5, 5.41) is 3.31. The Kier molecular flexibility index (Phi) is 7.28. The summed E-state index contributed by atoms with van der Waals surface area (Å²) in [5.74, 6) is -0.126. The molecule has 6 heteroatoms. The first-order chi connectivity index (χ1) is 12.0. The number of aryl methyl sites for hydroxylation is 2. The maximum absolute atomic E-state index is 12.2. The summed E-state index contributed by atoms with van der Waals surface area (Å²) in [6, 6.07) is 16.0. The summed E-state index contributed by atoms with van der Waals surface area (Å²) in [7, 11) is 0. The SMILES string of the molecule is CCc1cccc(C)c1NC(=S)NNC(=O)[C@@H](C)Sc1ccccc1. The Balaban J connectivity index is 1.86. The van der Waals surface area contributed by atoms with E-state index in [0.29, 0.717) is 5.11 Å². The molecule has 25 heavy (non-hydrogen) atoms. The van der Waals surface area contributed by atoms with Crippen molar-refractivity contribution in [3.63, 3.8) is 0 Å². The second kappa shape index (κ2) is 9.44. The van der Waals surface area contributed by atoms with Crippen LogP contribution in [0.5, 0.6) is 0 Å². The molecular formula is C19H23N3OS2. The van der Waals surface area contributed by atoms with Crippen molar-refractivity contribution in [3.8, 4) is 0 Å². The molecule has 0 aliphatic heterocycles. The van der Waals surface area contributed by atoms with Crippen LogP contribution in [0.4, 0.5) is 5.69 Å². The van der Waals surface area contributed by atoms with Gasteiger partial charge < -0.3 is 5.32 Å². The first-order valence-electron chi connectivity index (χ1n) is 8.18. The molecule has 0 aliphatic rings. The number of rotatable bonds is 5. The molecule has 0 aliphatic carbocycles. The fourth-order valence-electron chi connectivity index (χ4n) is 2.32. The van der Waals surface area contributed by atoms with E-state index in [2.05, 4.69) is 29.2 Å². The molecule has 1 atom stereocenters. The molecule has 2 aromatic rings. The van der Waals surface area contributed by atoms with Crippen molar-refractivity contribution in [3.05, 3.63) is 59.7 Å². The van der Waals surface area contributed by atoms with Crippen LogP contribution in [-0.2, 0) is 11.2 Å². The standard InChI is InChI=1S/C19H23N3OS2/c1-4-15-10-8-9-13(2)17(15)20-19(24)22-21-18(23)14(3)25-16-11-6-5-7-12-16/h5-12,14H,4H2,1-3H3,(H,21,23)(H2,20,22,24)/t14-/m1/s1. The quantitative estimate of drug-likeness (QED) is 0.419. The molecule has 0 saturated carbocycles. The largest absolute Gasteiger partial charge is 0.331 e. The molecule has 0 bridgehead atoms. The Morgan fingerprint density at radius 2 is 1.84 bits per heavy atom. The zero-order chi connectivity index (χ0) is 18.2. The highest BCUT2D eigenvalue weighted by atomic mass is 32.2. The number of para-hydroxylation sites is 1. The van der Waals surface area contributed by atoms with E-state index >= 15 is 0 Å². The molecule has 2 rings (SSSR count).